The molecule has 0 radical (unpaired) electrons. The van der Waals surface area contributed by atoms with Crippen molar-refractivity contribution in [2.75, 3.05) is 6.54 Å². The molecule has 0 fully saturated rings. The summed E-state index contributed by atoms with van der Waals surface area (Å²) >= 11 is 0. The highest BCUT2D eigenvalue weighted by Gasteiger charge is 2.12. The second-order valence-corrected chi connectivity index (χ2v) is 4.42. The number of amides is 1. The minimum atomic E-state index is -0.285. The first-order chi connectivity index (χ1) is 9.27. The van der Waals surface area contributed by atoms with Gasteiger partial charge in [0.15, 0.2) is 0 Å². The van der Waals surface area contributed by atoms with E-state index >= 15 is 0 Å². The third kappa shape index (κ3) is 3.93. The van der Waals surface area contributed by atoms with Crippen LogP contribution >= 0.6 is 0 Å². The molecule has 0 saturated heterocycles. The fourth-order valence-corrected chi connectivity index (χ4v) is 2.06. The van der Waals surface area contributed by atoms with Crippen LogP contribution in [0.1, 0.15) is 23.6 Å². The Bertz CT molecular complexity index is 471. The molecular formula is C16H18N2O. The van der Waals surface area contributed by atoms with E-state index in [9.17, 15) is 4.79 Å². The van der Waals surface area contributed by atoms with Gasteiger partial charge in [-0.3, -0.25) is 4.79 Å². The maximum absolute atomic E-state index is 10.8. The van der Waals surface area contributed by atoms with Crippen LogP contribution in [0.4, 0.5) is 0 Å². The Morgan fingerprint density at radius 3 is 1.84 bits per heavy atom. The highest BCUT2D eigenvalue weighted by atomic mass is 16.1. The summed E-state index contributed by atoms with van der Waals surface area (Å²) in [4.78, 5) is 10.8. The van der Waals surface area contributed by atoms with Crippen LogP contribution in [0.2, 0.25) is 0 Å². The zero-order chi connectivity index (χ0) is 13.5. The molecule has 0 atom stereocenters. The van der Waals surface area contributed by atoms with Crippen LogP contribution in [0.15, 0.2) is 60.7 Å². The van der Waals surface area contributed by atoms with Gasteiger partial charge in [0.1, 0.15) is 0 Å². The Balaban J connectivity index is 2.17. The van der Waals surface area contributed by atoms with Crippen LogP contribution in [0.25, 0.3) is 0 Å². The standard InChI is InChI=1S/C16H18N2O/c17-15(19)11-12-18-16(13-7-3-1-4-8-13)14-9-5-2-6-10-14/h1-10,16,18H,11-12H2,(H2,17,19). The first-order valence-corrected chi connectivity index (χ1v) is 6.39. The number of primary amides is 1. The van der Waals surface area contributed by atoms with Crippen molar-refractivity contribution < 1.29 is 4.79 Å². The van der Waals surface area contributed by atoms with E-state index in [2.05, 4.69) is 29.6 Å². The summed E-state index contributed by atoms with van der Waals surface area (Å²) in [6, 6.07) is 20.4. The minimum Gasteiger partial charge on any atom is -0.370 e. The summed E-state index contributed by atoms with van der Waals surface area (Å²) in [5.74, 6) is -0.285. The van der Waals surface area contributed by atoms with E-state index in [1.165, 1.54) is 11.1 Å². The van der Waals surface area contributed by atoms with Gasteiger partial charge in [0.2, 0.25) is 5.91 Å². The molecule has 2 aromatic carbocycles. The van der Waals surface area contributed by atoms with Crippen LogP contribution in [0, 0.1) is 0 Å². The molecule has 98 valence electrons. The van der Waals surface area contributed by atoms with Gasteiger partial charge in [-0.25, -0.2) is 0 Å². The number of carbonyl (C=O) groups excluding carboxylic acids is 1. The molecule has 0 bridgehead atoms. The smallest absolute Gasteiger partial charge is 0.218 e. The largest absolute Gasteiger partial charge is 0.370 e. The molecule has 0 aliphatic rings. The summed E-state index contributed by atoms with van der Waals surface area (Å²) in [5, 5.41) is 3.38. The lowest BCUT2D eigenvalue weighted by molar-refractivity contribution is -0.117. The normalized spacial score (nSPS) is 10.6. The lowest BCUT2D eigenvalue weighted by Crippen LogP contribution is -2.26. The van der Waals surface area contributed by atoms with Crippen molar-refractivity contribution in [1.29, 1.82) is 0 Å². The molecule has 0 aliphatic heterocycles. The van der Waals surface area contributed by atoms with Crippen molar-refractivity contribution >= 4 is 5.91 Å². The van der Waals surface area contributed by atoms with E-state index in [0.717, 1.165) is 0 Å². The van der Waals surface area contributed by atoms with Gasteiger partial charge in [0.25, 0.3) is 0 Å². The molecule has 0 aliphatic carbocycles. The SMILES string of the molecule is NC(=O)CCNC(c1ccccc1)c1ccccc1. The quantitative estimate of drug-likeness (QED) is 0.830. The molecule has 3 nitrogen and oxygen atoms in total. The fourth-order valence-electron chi connectivity index (χ4n) is 2.06. The van der Waals surface area contributed by atoms with E-state index in [1.807, 2.05) is 36.4 Å². The number of benzene rings is 2. The van der Waals surface area contributed by atoms with Gasteiger partial charge in [-0.05, 0) is 11.1 Å². The van der Waals surface area contributed by atoms with Crippen molar-refractivity contribution in [3.05, 3.63) is 71.8 Å². The molecular weight excluding hydrogens is 236 g/mol. The average molecular weight is 254 g/mol. The molecule has 0 heterocycles. The van der Waals surface area contributed by atoms with E-state index in [0.29, 0.717) is 13.0 Å². The fraction of sp³-hybridized carbons (Fsp3) is 0.188. The van der Waals surface area contributed by atoms with Gasteiger partial charge in [0, 0.05) is 13.0 Å². The maximum Gasteiger partial charge on any atom is 0.218 e. The zero-order valence-electron chi connectivity index (χ0n) is 10.8. The number of nitrogens with one attached hydrogen (secondary N) is 1. The van der Waals surface area contributed by atoms with E-state index < -0.39 is 0 Å². The molecule has 3 heteroatoms. The lowest BCUT2D eigenvalue weighted by Gasteiger charge is -2.19. The monoisotopic (exact) mass is 254 g/mol. The van der Waals surface area contributed by atoms with Gasteiger partial charge in [-0.1, -0.05) is 60.7 Å². The molecule has 2 rings (SSSR count). The third-order valence-electron chi connectivity index (χ3n) is 2.99. The van der Waals surface area contributed by atoms with Crippen molar-refractivity contribution in [2.45, 2.75) is 12.5 Å². The number of carbonyl (C=O) groups is 1. The van der Waals surface area contributed by atoms with E-state index in [-0.39, 0.29) is 11.9 Å². The molecule has 1 amide bonds. The van der Waals surface area contributed by atoms with Gasteiger partial charge < -0.3 is 11.1 Å². The molecule has 2 aromatic rings. The van der Waals surface area contributed by atoms with Crippen LogP contribution in [-0.2, 0) is 4.79 Å². The van der Waals surface area contributed by atoms with Crippen LogP contribution in [0.3, 0.4) is 0 Å². The summed E-state index contributed by atoms with van der Waals surface area (Å²) in [6.07, 6.45) is 0.343. The minimum absolute atomic E-state index is 0.0850. The van der Waals surface area contributed by atoms with E-state index in [4.69, 9.17) is 5.73 Å². The average Bonchev–Trinajstić information content (AvgIpc) is 2.45. The zero-order valence-corrected chi connectivity index (χ0v) is 10.8. The number of rotatable bonds is 6. The van der Waals surface area contributed by atoms with Crippen molar-refractivity contribution in [1.82, 2.24) is 5.32 Å². The maximum atomic E-state index is 10.8. The number of hydrogen-bond donors (Lipinski definition) is 2. The van der Waals surface area contributed by atoms with Gasteiger partial charge in [-0.15, -0.1) is 0 Å². The lowest BCUT2D eigenvalue weighted by atomic mass is 9.99. The highest BCUT2D eigenvalue weighted by Crippen LogP contribution is 2.21. The second kappa shape index (κ2) is 6.71. The highest BCUT2D eigenvalue weighted by molar-refractivity contribution is 5.73. The Labute approximate surface area is 113 Å². The Morgan fingerprint density at radius 1 is 0.947 bits per heavy atom. The summed E-state index contributed by atoms with van der Waals surface area (Å²) < 4.78 is 0. The first-order valence-electron chi connectivity index (χ1n) is 6.39. The van der Waals surface area contributed by atoms with Crippen LogP contribution in [-0.4, -0.2) is 12.5 Å². The Kier molecular flexibility index (Phi) is 4.70. The molecule has 19 heavy (non-hydrogen) atoms. The third-order valence-corrected chi connectivity index (χ3v) is 2.99. The second-order valence-electron chi connectivity index (χ2n) is 4.42. The molecule has 0 aromatic heterocycles. The summed E-state index contributed by atoms with van der Waals surface area (Å²) in [5.41, 5.74) is 7.53. The van der Waals surface area contributed by atoms with Crippen molar-refractivity contribution in [3.63, 3.8) is 0 Å². The summed E-state index contributed by atoms with van der Waals surface area (Å²) in [7, 11) is 0. The van der Waals surface area contributed by atoms with E-state index in [1.54, 1.807) is 0 Å². The number of nitrogens with two attached hydrogens (primary N) is 1. The van der Waals surface area contributed by atoms with Crippen molar-refractivity contribution in [2.24, 2.45) is 5.73 Å². The van der Waals surface area contributed by atoms with Gasteiger partial charge >= 0.3 is 0 Å². The van der Waals surface area contributed by atoms with Crippen molar-refractivity contribution in [3.8, 4) is 0 Å². The molecule has 3 N–H and O–H groups in total. The summed E-state index contributed by atoms with van der Waals surface area (Å²) in [6.45, 7) is 0.573. The van der Waals surface area contributed by atoms with Gasteiger partial charge in [0.05, 0.1) is 6.04 Å². The molecule has 0 saturated carbocycles. The topological polar surface area (TPSA) is 55.1 Å². The predicted molar refractivity (Wildman–Crippen MR) is 76.5 cm³/mol. The Hall–Kier alpha value is -2.13. The first kappa shape index (κ1) is 13.3. The number of hydrogen-bond acceptors (Lipinski definition) is 2. The van der Waals surface area contributed by atoms with Crippen LogP contribution in [0.5, 0.6) is 0 Å². The van der Waals surface area contributed by atoms with Gasteiger partial charge in [-0.2, -0.15) is 0 Å². The Morgan fingerprint density at radius 2 is 1.42 bits per heavy atom. The van der Waals surface area contributed by atoms with Crippen LogP contribution < -0.4 is 11.1 Å². The molecule has 0 spiro atoms. The predicted octanol–water partition coefficient (Wildman–Crippen LogP) is 2.24. The molecule has 0 unspecified atom stereocenters.